The summed E-state index contributed by atoms with van der Waals surface area (Å²) in [5.74, 6) is -0.494. The number of hydrogen-bond donors (Lipinski definition) is 2. The highest BCUT2D eigenvalue weighted by Crippen LogP contribution is 2.30. The standard InChI is InChI=1S/C31H36F2N2O4/c1-3-6-22(4-2)20-34-31(38)29(25-7-5-8-26(19-25)30(32)33)35(21-24-15-17-39-18-16-24)28(37)14-11-23-9-12-27(36)13-10-23/h3-10,12-13,19,24,29-30,36H,1-2,11,14-18,20-21H2,(H,34,38)/b22-6+. The Balaban J connectivity index is 1.95. The van der Waals surface area contributed by atoms with E-state index < -0.39 is 18.4 Å². The summed E-state index contributed by atoms with van der Waals surface area (Å²) in [6.07, 6.45) is 4.14. The molecule has 2 aromatic carbocycles. The third kappa shape index (κ3) is 8.89. The highest BCUT2D eigenvalue weighted by Gasteiger charge is 2.33. The summed E-state index contributed by atoms with van der Waals surface area (Å²) in [4.78, 5) is 29.0. The molecule has 2 amide bonds. The lowest BCUT2D eigenvalue weighted by Gasteiger charge is -2.35. The molecule has 1 heterocycles. The number of halogens is 2. The van der Waals surface area contributed by atoms with E-state index in [-0.39, 0.29) is 36.1 Å². The number of nitrogens with zero attached hydrogens (tertiary/aromatic N) is 1. The predicted octanol–water partition coefficient (Wildman–Crippen LogP) is 5.67. The normalized spacial score (nSPS) is 15.0. The van der Waals surface area contributed by atoms with Gasteiger partial charge in [-0.2, -0.15) is 0 Å². The largest absolute Gasteiger partial charge is 0.508 e. The zero-order valence-electron chi connectivity index (χ0n) is 22.0. The molecule has 1 saturated heterocycles. The molecule has 1 aliphatic rings. The van der Waals surface area contributed by atoms with Crippen LogP contribution < -0.4 is 5.32 Å². The number of aryl methyl sites for hydroxylation is 1. The first-order valence-corrected chi connectivity index (χ1v) is 13.1. The van der Waals surface area contributed by atoms with Crippen LogP contribution in [0.3, 0.4) is 0 Å². The predicted molar refractivity (Wildman–Crippen MR) is 147 cm³/mol. The average molecular weight is 539 g/mol. The van der Waals surface area contributed by atoms with Gasteiger partial charge in [0.15, 0.2) is 0 Å². The number of nitrogens with one attached hydrogen (secondary N) is 1. The summed E-state index contributed by atoms with van der Waals surface area (Å²) < 4.78 is 32.7. The van der Waals surface area contributed by atoms with E-state index in [9.17, 15) is 23.5 Å². The zero-order valence-corrected chi connectivity index (χ0v) is 22.0. The van der Waals surface area contributed by atoms with Crippen LogP contribution in [0.5, 0.6) is 5.75 Å². The minimum Gasteiger partial charge on any atom is -0.508 e. The Morgan fingerprint density at radius 3 is 2.44 bits per heavy atom. The van der Waals surface area contributed by atoms with Crippen molar-refractivity contribution in [1.82, 2.24) is 10.2 Å². The van der Waals surface area contributed by atoms with Crippen molar-refractivity contribution in [3.8, 4) is 5.75 Å². The first-order valence-electron chi connectivity index (χ1n) is 13.1. The minimum absolute atomic E-state index is 0.106. The van der Waals surface area contributed by atoms with Crippen molar-refractivity contribution in [3.63, 3.8) is 0 Å². The fourth-order valence-electron chi connectivity index (χ4n) is 4.59. The van der Waals surface area contributed by atoms with Crippen LogP contribution in [0.4, 0.5) is 8.78 Å². The van der Waals surface area contributed by atoms with Crippen molar-refractivity contribution in [2.75, 3.05) is 26.3 Å². The van der Waals surface area contributed by atoms with Gasteiger partial charge in [0.1, 0.15) is 11.8 Å². The lowest BCUT2D eigenvalue weighted by molar-refractivity contribution is -0.142. The molecule has 39 heavy (non-hydrogen) atoms. The fourth-order valence-corrected chi connectivity index (χ4v) is 4.59. The van der Waals surface area contributed by atoms with Crippen molar-refractivity contribution in [3.05, 3.63) is 102 Å². The van der Waals surface area contributed by atoms with E-state index >= 15 is 0 Å². The van der Waals surface area contributed by atoms with E-state index in [0.29, 0.717) is 37.3 Å². The van der Waals surface area contributed by atoms with E-state index in [0.717, 1.165) is 18.4 Å². The van der Waals surface area contributed by atoms with E-state index in [1.165, 1.54) is 23.1 Å². The second-order valence-electron chi connectivity index (χ2n) is 9.54. The van der Waals surface area contributed by atoms with Gasteiger partial charge in [-0.05, 0) is 60.1 Å². The molecule has 0 bridgehead atoms. The summed E-state index contributed by atoms with van der Waals surface area (Å²) in [6.45, 7) is 8.98. The van der Waals surface area contributed by atoms with Crippen LogP contribution in [0.1, 0.15) is 48.4 Å². The number of amides is 2. The number of aromatic hydroxyl groups is 1. The number of allylic oxidation sites excluding steroid dienone is 2. The van der Waals surface area contributed by atoms with Gasteiger partial charge in [-0.1, -0.05) is 61.7 Å². The number of phenols is 1. The summed E-state index contributed by atoms with van der Waals surface area (Å²) in [5.41, 5.74) is 1.68. The summed E-state index contributed by atoms with van der Waals surface area (Å²) >= 11 is 0. The van der Waals surface area contributed by atoms with Crippen LogP contribution in [-0.4, -0.2) is 48.1 Å². The zero-order chi connectivity index (χ0) is 28.2. The van der Waals surface area contributed by atoms with Gasteiger partial charge in [0, 0.05) is 38.3 Å². The molecule has 208 valence electrons. The van der Waals surface area contributed by atoms with E-state index in [1.54, 1.807) is 48.6 Å². The number of hydrogen-bond acceptors (Lipinski definition) is 4. The van der Waals surface area contributed by atoms with E-state index in [4.69, 9.17) is 4.74 Å². The van der Waals surface area contributed by atoms with Crippen molar-refractivity contribution in [2.45, 2.75) is 38.2 Å². The first-order chi connectivity index (χ1) is 18.8. The van der Waals surface area contributed by atoms with Gasteiger partial charge in [0.05, 0.1) is 0 Å². The molecule has 8 heteroatoms. The summed E-state index contributed by atoms with van der Waals surface area (Å²) in [7, 11) is 0. The quantitative estimate of drug-likeness (QED) is 0.322. The van der Waals surface area contributed by atoms with Crippen LogP contribution in [0.2, 0.25) is 0 Å². The SMILES string of the molecule is C=C/C=C(\C=C)CNC(=O)C(c1cccc(C(F)F)c1)N(CC1CCOCC1)C(=O)CCc1ccc(O)cc1. The van der Waals surface area contributed by atoms with Gasteiger partial charge in [-0.25, -0.2) is 8.78 Å². The highest BCUT2D eigenvalue weighted by molar-refractivity contribution is 5.89. The minimum atomic E-state index is -2.72. The van der Waals surface area contributed by atoms with Crippen LogP contribution in [0.15, 0.2) is 85.5 Å². The lowest BCUT2D eigenvalue weighted by atomic mass is 9.95. The Bertz CT molecular complexity index is 1160. The first kappa shape index (κ1) is 29.8. The maximum Gasteiger partial charge on any atom is 0.263 e. The topological polar surface area (TPSA) is 78.9 Å². The third-order valence-corrected chi connectivity index (χ3v) is 6.78. The molecule has 1 fully saturated rings. The molecular weight excluding hydrogens is 502 g/mol. The molecule has 0 saturated carbocycles. The van der Waals surface area contributed by atoms with Gasteiger partial charge in [-0.15, -0.1) is 0 Å². The van der Waals surface area contributed by atoms with Gasteiger partial charge in [0.2, 0.25) is 11.8 Å². The van der Waals surface area contributed by atoms with Crippen LogP contribution in [0, 0.1) is 5.92 Å². The second kappa shape index (κ2) is 15.0. The molecule has 3 rings (SSSR count). The maximum absolute atomic E-state index is 13.8. The molecule has 1 atom stereocenters. The summed E-state index contributed by atoms with van der Waals surface area (Å²) in [5, 5.41) is 12.4. The highest BCUT2D eigenvalue weighted by atomic mass is 19.3. The van der Waals surface area contributed by atoms with Crippen molar-refractivity contribution in [2.24, 2.45) is 5.92 Å². The smallest absolute Gasteiger partial charge is 0.263 e. The van der Waals surface area contributed by atoms with Gasteiger partial charge in [0.25, 0.3) is 6.43 Å². The van der Waals surface area contributed by atoms with Crippen LogP contribution in [-0.2, 0) is 20.7 Å². The van der Waals surface area contributed by atoms with Crippen LogP contribution >= 0.6 is 0 Å². The molecule has 0 spiro atoms. The second-order valence-corrected chi connectivity index (χ2v) is 9.54. The van der Waals surface area contributed by atoms with E-state index in [1.807, 2.05) is 0 Å². The van der Waals surface area contributed by atoms with Gasteiger partial charge in [-0.3, -0.25) is 9.59 Å². The number of benzene rings is 2. The van der Waals surface area contributed by atoms with Crippen molar-refractivity contribution in [1.29, 1.82) is 0 Å². The molecule has 6 nitrogen and oxygen atoms in total. The Hall–Kier alpha value is -3.78. The molecule has 1 aliphatic heterocycles. The van der Waals surface area contributed by atoms with Gasteiger partial charge >= 0.3 is 0 Å². The number of ether oxygens (including phenoxy) is 1. The molecule has 2 N–H and O–H groups in total. The fraction of sp³-hybridized carbons (Fsp3) is 0.355. The molecular formula is C31H36F2N2O4. The Morgan fingerprint density at radius 2 is 1.79 bits per heavy atom. The van der Waals surface area contributed by atoms with E-state index in [2.05, 4.69) is 18.5 Å². The number of phenolic OH excluding ortho intramolecular Hbond substituents is 1. The lowest BCUT2D eigenvalue weighted by Crippen LogP contribution is -2.46. The molecule has 0 aromatic heterocycles. The maximum atomic E-state index is 13.8. The number of carbonyl (C=O) groups is 2. The molecule has 1 unspecified atom stereocenters. The Kier molecular flexibility index (Phi) is 11.4. The average Bonchev–Trinajstić information content (AvgIpc) is 2.95. The number of carbonyl (C=O) groups excluding carboxylic acids is 2. The number of rotatable bonds is 13. The number of alkyl halides is 2. The summed E-state index contributed by atoms with van der Waals surface area (Å²) in [6, 6.07) is 11.2. The molecule has 2 aromatic rings. The molecule has 0 aliphatic carbocycles. The Labute approximate surface area is 228 Å². The van der Waals surface area contributed by atoms with Crippen LogP contribution in [0.25, 0.3) is 0 Å². The van der Waals surface area contributed by atoms with Gasteiger partial charge < -0.3 is 20.1 Å². The third-order valence-electron chi connectivity index (χ3n) is 6.78. The molecule has 0 radical (unpaired) electrons. The Morgan fingerprint density at radius 1 is 1.10 bits per heavy atom. The van der Waals surface area contributed by atoms with Crippen molar-refractivity contribution >= 4 is 11.8 Å². The monoisotopic (exact) mass is 538 g/mol. The van der Waals surface area contributed by atoms with Crippen molar-refractivity contribution < 1.29 is 28.2 Å².